The van der Waals surface area contributed by atoms with Crippen molar-refractivity contribution in [1.82, 2.24) is 4.98 Å². The molecule has 0 aliphatic carbocycles. The number of carbonyl (C=O) groups is 2. The zero-order chi connectivity index (χ0) is 15.8. The number of aliphatic carboxylic acids is 1. The summed E-state index contributed by atoms with van der Waals surface area (Å²) in [7, 11) is 0. The lowest BCUT2D eigenvalue weighted by Gasteiger charge is -2.26. The monoisotopic (exact) mass is 291 g/mol. The Morgan fingerprint density at radius 1 is 1.48 bits per heavy atom. The number of aromatic nitrogens is 1. The van der Waals surface area contributed by atoms with Crippen molar-refractivity contribution in [2.24, 2.45) is 11.1 Å². The highest BCUT2D eigenvalue weighted by Gasteiger charge is 2.44. The highest BCUT2D eigenvalue weighted by molar-refractivity contribution is 6.00. The number of rotatable bonds is 4. The average Bonchev–Trinajstić information content (AvgIpc) is 2.82. The van der Waals surface area contributed by atoms with Gasteiger partial charge in [-0.2, -0.15) is 0 Å². The minimum atomic E-state index is -0.782. The summed E-state index contributed by atoms with van der Waals surface area (Å²) in [5, 5.41) is 9.49. The smallest absolute Gasteiger partial charge is 0.311 e. The topological polar surface area (TPSA) is 96.5 Å². The van der Waals surface area contributed by atoms with E-state index in [1.165, 1.54) is 0 Å². The maximum Gasteiger partial charge on any atom is 0.311 e. The van der Waals surface area contributed by atoms with Crippen molar-refractivity contribution >= 4 is 17.6 Å². The van der Waals surface area contributed by atoms with Gasteiger partial charge in [0, 0.05) is 18.8 Å². The molecule has 0 spiro atoms. The van der Waals surface area contributed by atoms with Gasteiger partial charge in [0.1, 0.15) is 0 Å². The number of primary amides is 1. The number of carbonyl (C=O) groups excluding carboxylic acids is 1. The number of anilines is 1. The molecule has 1 atom stereocenters. The summed E-state index contributed by atoms with van der Waals surface area (Å²) < 4.78 is 0. The van der Waals surface area contributed by atoms with Crippen molar-refractivity contribution in [2.75, 3.05) is 18.0 Å². The second-order valence-corrected chi connectivity index (χ2v) is 5.72. The Kier molecular flexibility index (Phi) is 3.89. The zero-order valence-electron chi connectivity index (χ0n) is 12.6. The van der Waals surface area contributed by atoms with Crippen LogP contribution in [0.1, 0.15) is 41.5 Å². The molecular formula is C15H21N3O3. The molecule has 1 unspecified atom stereocenters. The molecular weight excluding hydrogens is 270 g/mol. The van der Waals surface area contributed by atoms with Crippen LogP contribution in [0.15, 0.2) is 6.07 Å². The summed E-state index contributed by atoms with van der Waals surface area (Å²) in [5.41, 5.74) is 7.18. The first-order valence-corrected chi connectivity index (χ1v) is 7.07. The fourth-order valence-corrected chi connectivity index (χ4v) is 3.05. The van der Waals surface area contributed by atoms with Gasteiger partial charge in [-0.15, -0.1) is 0 Å². The fourth-order valence-electron chi connectivity index (χ4n) is 3.05. The van der Waals surface area contributed by atoms with E-state index in [4.69, 9.17) is 5.73 Å². The van der Waals surface area contributed by atoms with Crippen LogP contribution in [0.25, 0.3) is 0 Å². The largest absolute Gasteiger partial charge is 0.481 e. The minimum absolute atomic E-state index is 0.387. The lowest BCUT2D eigenvalue weighted by molar-refractivity contribution is -0.147. The first kappa shape index (κ1) is 15.3. The molecule has 1 aliphatic rings. The summed E-state index contributed by atoms with van der Waals surface area (Å²) in [6, 6.07) is 1.81. The Morgan fingerprint density at radius 2 is 2.14 bits per heavy atom. The number of amides is 1. The third kappa shape index (κ3) is 2.57. The molecule has 1 fully saturated rings. The van der Waals surface area contributed by atoms with Gasteiger partial charge in [-0.05, 0) is 32.8 Å². The van der Waals surface area contributed by atoms with Gasteiger partial charge in [0.15, 0.2) is 0 Å². The van der Waals surface area contributed by atoms with E-state index < -0.39 is 17.3 Å². The van der Waals surface area contributed by atoms with Crippen LogP contribution in [0, 0.1) is 19.3 Å². The molecule has 1 amide bonds. The first-order valence-electron chi connectivity index (χ1n) is 7.07. The molecule has 1 aromatic rings. The molecule has 6 nitrogen and oxygen atoms in total. The molecule has 0 saturated carbocycles. The molecule has 0 bridgehead atoms. The Hall–Kier alpha value is -2.11. The molecule has 6 heteroatoms. The van der Waals surface area contributed by atoms with Crippen molar-refractivity contribution in [3.63, 3.8) is 0 Å². The Balaban J connectivity index is 2.45. The van der Waals surface area contributed by atoms with E-state index in [9.17, 15) is 14.7 Å². The van der Waals surface area contributed by atoms with Crippen LogP contribution in [0.2, 0.25) is 0 Å². The molecule has 3 N–H and O–H groups in total. The number of carboxylic acids is 1. The van der Waals surface area contributed by atoms with Crippen LogP contribution in [-0.4, -0.2) is 35.1 Å². The summed E-state index contributed by atoms with van der Waals surface area (Å²) in [5.74, 6) is -1.31. The third-order valence-corrected chi connectivity index (χ3v) is 4.38. The highest BCUT2D eigenvalue weighted by Crippen LogP contribution is 2.38. The number of aryl methyl sites for hydroxylation is 2. The SMILES string of the molecule is CCC1(C(=O)O)CCN(c2cc(C)nc(C)c2C(N)=O)C1. The Morgan fingerprint density at radius 3 is 2.62 bits per heavy atom. The van der Waals surface area contributed by atoms with Crippen molar-refractivity contribution in [1.29, 1.82) is 0 Å². The zero-order valence-corrected chi connectivity index (χ0v) is 12.6. The van der Waals surface area contributed by atoms with Crippen molar-refractivity contribution < 1.29 is 14.7 Å². The number of carboxylic acid groups (broad SMARTS) is 1. The van der Waals surface area contributed by atoms with Crippen LogP contribution in [0.3, 0.4) is 0 Å². The van der Waals surface area contributed by atoms with Crippen LogP contribution < -0.4 is 10.6 Å². The van der Waals surface area contributed by atoms with Crippen LogP contribution in [0.4, 0.5) is 5.69 Å². The van der Waals surface area contributed by atoms with E-state index in [2.05, 4.69) is 4.98 Å². The summed E-state index contributed by atoms with van der Waals surface area (Å²) in [4.78, 5) is 29.5. The lowest BCUT2D eigenvalue weighted by Crippen LogP contribution is -2.35. The van der Waals surface area contributed by atoms with E-state index in [1.54, 1.807) is 13.0 Å². The van der Waals surface area contributed by atoms with Gasteiger partial charge in [-0.3, -0.25) is 14.6 Å². The number of nitrogens with two attached hydrogens (primary N) is 1. The molecule has 2 heterocycles. The van der Waals surface area contributed by atoms with Crippen molar-refractivity contribution in [3.05, 3.63) is 23.0 Å². The van der Waals surface area contributed by atoms with E-state index in [0.29, 0.717) is 42.9 Å². The van der Waals surface area contributed by atoms with Crippen LogP contribution in [-0.2, 0) is 4.79 Å². The summed E-state index contributed by atoms with van der Waals surface area (Å²) in [6.07, 6.45) is 1.13. The Bertz CT molecular complexity index is 600. The normalized spacial score (nSPS) is 21.6. The van der Waals surface area contributed by atoms with E-state index in [0.717, 1.165) is 5.69 Å². The van der Waals surface area contributed by atoms with Gasteiger partial charge in [0.05, 0.1) is 22.4 Å². The second kappa shape index (κ2) is 5.35. The van der Waals surface area contributed by atoms with Gasteiger partial charge in [-0.25, -0.2) is 0 Å². The van der Waals surface area contributed by atoms with Gasteiger partial charge >= 0.3 is 5.97 Å². The van der Waals surface area contributed by atoms with E-state index in [1.807, 2.05) is 18.7 Å². The van der Waals surface area contributed by atoms with Crippen molar-refractivity contribution in [3.8, 4) is 0 Å². The Labute approximate surface area is 124 Å². The fraction of sp³-hybridized carbons (Fsp3) is 0.533. The number of hydrogen-bond donors (Lipinski definition) is 2. The standard InChI is InChI=1S/C15H21N3O3/c1-4-15(14(20)21)5-6-18(8-15)11-7-9(2)17-10(3)12(11)13(16)19/h7H,4-6,8H2,1-3H3,(H2,16,19)(H,20,21). The van der Waals surface area contributed by atoms with Gasteiger partial charge in [0.25, 0.3) is 5.91 Å². The second-order valence-electron chi connectivity index (χ2n) is 5.72. The summed E-state index contributed by atoms with van der Waals surface area (Å²) in [6.45, 7) is 6.47. The minimum Gasteiger partial charge on any atom is -0.481 e. The van der Waals surface area contributed by atoms with Gasteiger partial charge in [-0.1, -0.05) is 6.92 Å². The predicted molar refractivity (Wildman–Crippen MR) is 79.4 cm³/mol. The van der Waals surface area contributed by atoms with Crippen molar-refractivity contribution in [2.45, 2.75) is 33.6 Å². The maximum absolute atomic E-state index is 11.7. The number of pyridine rings is 1. The molecule has 1 saturated heterocycles. The highest BCUT2D eigenvalue weighted by atomic mass is 16.4. The maximum atomic E-state index is 11.7. The third-order valence-electron chi connectivity index (χ3n) is 4.38. The van der Waals surface area contributed by atoms with Crippen LogP contribution >= 0.6 is 0 Å². The molecule has 114 valence electrons. The van der Waals surface area contributed by atoms with E-state index in [-0.39, 0.29) is 0 Å². The van der Waals surface area contributed by atoms with Gasteiger partial charge < -0.3 is 15.7 Å². The average molecular weight is 291 g/mol. The predicted octanol–water partition coefficient (Wildman–Crippen LogP) is 1.49. The molecule has 1 aromatic heterocycles. The lowest BCUT2D eigenvalue weighted by atomic mass is 9.84. The van der Waals surface area contributed by atoms with Gasteiger partial charge in [0.2, 0.25) is 0 Å². The van der Waals surface area contributed by atoms with Crippen LogP contribution in [0.5, 0.6) is 0 Å². The number of nitrogens with zero attached hydrogens (tertiary/aromatic N) is 2. The molecule has 21 heavy (non-hydrogen) atoms. The molecule has 0 radical (unpaired) electrons. The number of hydrogen-bond acceptors (Lipinski definition) is 4. The first-order chi connectivity index (χ1) is 9.80. The molecule has 1 aliphatic heterocycles. The quantitative estimate of drug-likeness (QED) is 0.876. The summed E-state index contributed by atoms with van der Waals surface area (Å²) >= 11 is 0. The molecule has 2 rings (SSSR count). The molecule has 0 aromatic carbocycles. The van der Waals surface area contributed by atoms with E-state index >= 15 is 0 Å².